The molecule has 56 valence electrons. The number of hydrogen-bond acceptors (Lipinski definition) is 1. The molecule has 2 unspecified atom stereocenters. The lowest BCUT2D eigenvalue weighted by Crippen LogP contribution is -1.89. The molecule has 1 aliphatic rings. The standard InChI is InChI=1S/C8H11ClO/c1-2-3-4-6-5-7(6)8(9)10/h3-4,6-7H,2,5H2,1H3/b4-3-. The molecule has 0 spiro atoms. The highest BCUT2D eigenvalue weighted by Crippen LogP contribution is 2.41. The minimum absolute atomic E-state index is 0.129. The van der Waals surface area contributed by atoms with Crippen molar-refractivity contribution in [2.45, 2.75) is 19.8 Å². The molecule has 1 nitrogen and oxygen atoms in total. The average molecular weight is 159 g/mol. The molecule has 0 radical (unpaired) electrons. The van der Waals surface area contributed by atoms with Gasteiger partial charge in [-0.2, -0.15) is 0 Å². The van der Waals surface area contributed by atoms with E-state index in [1.165, 1.54) is 0 Å². The normalized spacial score (nSPS) is 31.0. The van der Waals surface area contributed by atoms with Crippen molar-refractivity contribution < 1.29 is 4.79 Å². The third kappa shape index (κ3) is 1.84. The first-order valence-corrected chi connectivity index (χ1v) is 3.99. The molecule has 0 aliphatic heterocycles. The third-order valence-corrected chi connectivity index (χ3v) is 2.03. The van der Waals surface area contributed by atoms with Gasteiger partial charge in [0, 0.05) is 5.92 Å². The van der Waals surface area contributed by atoms with E-state index < -0.39 is 0 Å². The summed E-state index contributed by atoms with van der Waals surface area (Å²) in [5, 5.41) is -0.175. The van der Waals surface area contributed by atoms with Crippen LogP contribution in [0.15, 0.2) is 12.2 Å². The lowest BCUT2D eigenvalue weighted by Gasteiger charge is -1.83. The van der Waals surface area contributed by atoms with E-state index in [0.29, 0.717) is 5.92 Å². The highest BCUT2D eigenvalue weighted by atomic mass is 35.5. The quantitative estimate of drug-likeness (QED) is 0.455. The zero-order valence-corrected chi connectivity index (χ0v) is 6.77. The molecule has 2 atom stereocenters. The maximum atomic E-state index is 10.5. The summed E-state index contributed by atoms with van der Waals surface area (Å²) in [5.41, 5.74) is 0. The van der Waals surface area contributed by atoms with Crippen LogP contribution in [0.2, 0.25) is 0 Å². The van der Waals surface area contributed by atoms with Crippen LogP contribution in [0.4, 0.5) is 0 Å². The molecule has 1 saturated carbocycles. The third-order valence-electron chi connectivity index (χ3n) is 1.75. The van der Waals surface area contributed by atoms with Crippen LogP contribution in [0.25, 0.3) is 0 Å². The number of allylic oxidation sites excluding steroid dienone is 2. The van der Waals surface area contributed by atoms with Crippen molar-refractivity contribution in [3.8, 4) is 0 Å². The number of rotatable bonds is 3. The van der Waals surface area contributed by atoms with Gasteiger partial charge in [-0.1, -0.05) is 19.1 Å². The first kappa shape index (κ1) is 7.80. The van der Waals surface area contributed by atoms with E-state index in [1.807, 2.05) is 0 Å². The smallest absolute Gasteiger partial charge is 0.225 e. The van der Waals surface area contributed by atoms with Gasteiger partial charge < -0.3 is 0 Å². The summed E-state index contributed by atoms with van der Waals surface area (Å²) in [7, 11) is 0. The molecule has 0 aromatic heterocycles. The van der Waals surface area contributed by atoms with Gasteiger partial charge in [0.2, 0.25) is 5.24 Å². The lowest BCUT2D eigenvalue weighted by atomic mass is 10.3. The minimum atomic E-state index is -0.175. The van der Waals surface area contributed by atoms with Crippen molar-refractivity contribution in [2.24, 2.45) is 11.8 Å². The molecular weight excluding hydrogens is 148 g/mol. The fourth-order valence-electron chi connectivity index (χ4n) is 0.999. The fraction of sp³-hybridized carbons (Fsp3) is 0.625. The Balaban J connectivity index is 2.25. The molecule has 0 aromatic carbocycles. The van der Waals surface area contributed by atoms with Gasteiger partial charge in [-0.05, 0) is 30.4 Å². The Morgan fingerprint density at radius 3 is 2.90 bits per heavy atom. The van der Waals surface area contributed by atoms with Crippen molar-refractivity contribution in [3.63, 3.8) is 0 Å². The summed E-state index contributed by atoms with van der Waals surface area (Å²) in [6, 6.07) is 0. The zero-order valence-electron chi connectivity index (χ0n) is 6.01. The van der Waals surface area contributed by atoms with Crippen molar-refractivity contribution >= 4 is 16.8 Å². The Morgan fingerprint density at radius 1 is 1.80 bits per heavy atom. The van der Waals surface area contributed by atoms with Crippen molar-refractivity contribution in [2.75, 3.05) is 0 Å². The van der Waals surface area contributed by atoms with Gasteiger partial charge in [-0.15, -0.1) is 0 Å². The summed E-state index contributed by atoms with van der Waals surface area (Å²) in [5.74, 6) is 0.578. The van der Waals surface area contributed by atoms with E-state index in [-0.39, 0.29) is 11.2 Å². The molecule has 1 fully saturated rings. The maximum Gasteiger partial charge on any atom is 0.225 e. The first-order valence-electron chi connectivity index (χ1n) is 3.61. The summed E-state index contributed by atoms with van der Waals surface area (Å²) < 4.78 is 0. The molecule has 0 N–H and O–H groups in total. The number of halogens is 1. The van der Waals surface area contributed by atoms with Crippen LogP contribution in [0, 0.1) is 11.8 Å². The van der Waals surface area contributed by atoms with E-state index in [0.717, 1.165) is 12.8 Å². The number of hydrogen-bond donors (Lipinski definition) is 0. The van der Waals surface area contributed by atoms with Gasteiger partial charge in [-0.25, -0.2) is 0 Å². The Hall–Kier alpha value is -0.300. The van der Waals surface area contributed by atoms with Gasteiger partial charge in [0.15, 0.2) is 0 Å². The molecule has 10 heavy (non-hydrogen) atoms. The Morgan fingerprint density at radius 2 is 2.50 bits per heavy atom. The maximum absolute atomic E-state index is 10.5. The van der Waals surface area contributed by atoms with Crippen molar-refractivity contribution in [3.05, 3.63) is 12.2 Å². The van der Waals surface area contributed by atoms with E-state index in [9.17, 15) is 4.79 Å². The topological polar surface area (TPSA) is 17.1 Å². The van der Waals surface area contributed by atoms with Gasteiger partial charge in [0.1, 0.15) is 0 Å². The van der Waals surface area contributed by atoms with E-state index in [4.69, 9.17) is 11.6 Å². The van der Waals surface area contributed by atoms with Crippen LogP contribution >= 0.6 is 11.6 Å². The monoisotopic (exact) mass is 158 g/mol. The van der Waals surface area contributed by atoms with E-state index in [1.54, 1.807) is 0 Å². The van der Waals surface area contributed by atoms with Crippen LogP contribution in [-0.4, -0.2) is 5.24 Å². The number of carbonyl (C=O) groups is 1. The zero-order chi connectivity index (χ0) is 7.56. The SMILES string of the molecule is CC/C=C\C1CC1C(=O)Cl. The largest absolute Gasteiger partial charge is 0.281 e. The van der Waals surface area contributed by atoms with Gasteiger partial charge in [0.05, 0.1) is 0 Å². The first-order chi connectivity index (χ1) is 4.75. The van der Waals surface area contributed by atoms with Crippen LogP contribution in [0.1, 0.15) is 19.8 Å². The minimum Gasteiger partial charge on any atom is -0.281 e. The van der Waals surface area contributed by atoms with E-state index >= 15 is 0 Å². The van der Waals surface area contributed by atoms with Crippen LogP contribution < -0.4 is 0 Å². The second-order valence-corrected chi connectivity index (χ2v) is 3.02. The van der Waals surface area contributed by atoms with Crippen LogP contribution in [-0.2, 0) is 4.79 Å². The van der Waals surface area contributed by atoms with Gasteiger partial charge in [-0.3, -0.25) is 4.79 Å². The molecular formula is C8H11ClO. The molecule has 0 bridgehead atoms. The van der Waals surface area contributed by atoms with E-state index in [2.05, 4.69) is 19.1 Å². The van der Waals surface area contributed by atoms with Crippen LogP contribution in [0.3, 0.4) is 0 Å². The molecule has 1 rings (SSSR count). The van der Waals surface area contributed by atoms with Gasteiger partial charge >= 0.3 is 0 Å². The second-order valence-electron chi connectivity index (χ2n) is 2.65. The highest BCUT2D eigenvalue weighted by Gasteiger charge is 2.39. The summed E-state index contributed by atoms with van der Waals surface area (Å²) in [6.45, 7) is 2.08. The Kier molecular flexibility index (Phi) is 2.50. The predicted octanol–water partition coefficient (Wildman–Crippen LogP) is 2.35. The molecule has 0 aromatic rings. The Labute approximate surface area is 66.1 Å². The fourth-order valence-corrected chi connectivity index (χ4v) is 1.25. The Bertz CT molecular complexity index is 163. The average Bonchev–Trinajstić information content (AvgIpc) is 2.62. The second kappa shape index (κ2) is 3.20. The van der Waals surface area contributed by atoms with Crippen molar-refractivity contribution in [1.82, 2.24) is 0 Å². The molecule has 0 saturated heterocycles. The summed E-state index contributed by atoms with van der Waals surface area (Å²) in [4.78, 5) is 10.5. The molecule has 0 amide bonds. The lowest BCUT2D eigenvalue weighted by molar-refractivity contribution is -0.112. The molecule has 0 heterocycles. The summed E-state index contributed by atoms with van der Waals surface area (Å²) >= 11 is 5.28. The van der Waals surface area contributed by atoms with Crippen LogP contribution in [0.5, 0.6) is 0 Å². The molecule has 2 heteroatoms. The van der Waals surface area contributed by atoms with Gasteiger partial charge in [0.25, 0.3) is 0 Å². The summed E-state index contributed by atoms with van der Waals surface area (Å²) in [6.07, 6.45) is 6.17. The number of carbonyl (C=O) groups excluding carboxylic acids is 1. The van der Waals surface area contributed by atoms with Crippen molar-refractivity contribution in [1.29, 1.82) is 0 Å². The predicted molar refractivity (Wildman–Crippen MR) is 41.9 cm³/mol. The highest BCUT2D eigenvalue weighted by molar-refractivity contribution is 6.64. The molecule has 1 aliphatic carbocycles.